The lowest BCUT2D eigenvalue weighted by atomic mass is 10.0. The molecule has 6 nitrogen and oxygen atoms in total. The summed E-state index contributed by atoms with van der Waals surface area (Å²) in [6, 6.07) is 15.5. The lowest BCUT2D eigenvalue weighted by Gasteiger charge is -2.25. The minimum Gasteiger partial charge on any atom is -0.468 e. The van der Waals surface area contributed by atoms with E-state index in [-0.39, 0.29) is 5.91 Å². The number of hydrogen-bond acceptors (Lipinski definition) is 3. The van der Waals surface area contributed by atoms with Crippen molar-refractivity contribution < 1.29 is 14.3 Å². The largest absolute Gasteiger partial charge is 0.468 e. The maximum Gasteiger partial charge on any atom is 0.318 e. The molecule has 0 unspecified atom stereocenters. The molecule has 2 aromatic carbocycles. The highest BCUT2D eigenvalue weighted by molar-refractivity contribution is 6.17. The predicted molar refractivity (Wildman–Crippen MR) is 110 cm³/mol. The number of esters is 1. The Morgan fingerprint density at radius 1 is 0.929 bits per heavy atom. The predicted octanol–water partition coefficient (Wildman–Crippen LogP) is 4.51. The second-order valence-corrected chi connectivity index (χ2v) is 6.60. The van der Waals surface area contributed by atoms with E-state index >= 15 is 0 Å². The molecule has 0 saturated heterocycles. The highest BCUT2D eigenvalue weighted by atomic mass is 16.5. The maximum atomic E-state index is 13.6. The second-order valence-electron chi connectivity index (χ2n) is 6.60. The molecule has 2 aromatic heterocycles. The zero-order valence-electron chi connectivity index (χ0n) is 15.7. The molecule has 4 aromatic rings. The summed E-state index contributed by atoms with van der Waals surface area (Å²) < 4.78 is 4.88. The molecule has 28 heavy (non-hydrogen) atoms. The number of rotatable bonds is 5. The zero-order chi connectivity index (χ0) is 19.7. The van der Waals surface area contributed by atoms with Gasteiger partial charge in [-0.1, -0.05) is 43.3 Å². The number of carbonyl (C=O) groups excluding carboxylic acids is 2. The van der Waals surface area contributed by atoms with E-state index in [1.165, 1.54) is 7.11 Å². The molecule has 6 heteroatoms. The summed E-state index contributed by atoms with van der Waals surface area (Å²) in [6.45, 7) is 1.81. The third kappa shape index (κ3) is 2.83. The Balaban J connectivity index is 1.93. The van der Waals surface area contributed by atoms with Gasteiger partial charge in [-0.3, -0.25) is 14.5 Å². The number of aromatic nitrogens is 2. The average Bonchev–Trinajstić information content (AvgIpc) is 3.34. The van der Waals surface area contributed by atoms with Gasteiger partial charge in [-0.25, -0.2) is 0 Å². The molecule has 1 atom stereocenters. The van der Waals surface area contributed by atoms with E-state index in [0.29, 0.717) is 17.8 Å². The highest BCUT2D eigenvalue weighted by Crippen LogP contribution is 2.37. The summed E-state index contributed by atoms with van der Waals surface area (Å²) in [4.78, 5) is 33.9. The maximum absolute atomic E-state index is 13.6. The van der Waals surface area contributed by atoms with Gasteiger partial charge in [0.25, 0.3) is 0 Å². The third-order valence-corrected chi connectivity index (χ3v) is 5.03. The Bertz CT molecular complexity index is 1080. The minimum atomic E-state index is -0.882. The Labute approximate surface area is 162 Å². The number of nitrogens with zero attached hydrogens (tertiary/aromatic N) is 1. The van der Waals surface area contributed by atoms with Crippen LogP contribution in [0.4, 0.5) is 11.4 Å². The van der Waals surface area contributed by atoms with Crippen LogP contribution in [0.25, 0.3) is 21.8 Å². The molecule has 142 valence electrons. The van der Waals surface area contributed by atoms with Gasteiger partial charge in [0.1, 0.15) is 5.92 Å². The monoisotopic (exact) mass is 375 g/mol. The number of hydrogen-bond donors (Lipinski definition) is 2. The van der Waals surface area contributed by atoms with Crippen LogP contribution in [0.2, 0.25) is 0 Å². The van der Waals surface area contributed by atoms with Crippen molar-refractivity contribution in [3.8, 4) is 0 Å². The van der Waals surface area contributed by atoms with E-state index in [1.807, 2.05) is 55.5 Å². The van der Waals surface area contributed by atoms with Crippen LogP contribution in [-0.2, 0) is 14.3 Å². The summed E-state index contributed by atoms with van der Waals surface area (Å²) in [7, 11) is 1.31. The van der Waals surface area contributed by atoms with Crippen LogP contribution < -0.4 is 4.90 Å². The molecule has 0 spiro atoms. The average molecular weight is 375 g/mol. The standard InChI is InChI=1S/C22H21N3O3/c1-3-14(22(27)28-2)21(26)25(19-12-23-17-10-6-4-8-15(17)19)20-13-24-18-11-7-5-9-16(18)20/h4-14,23-24H,3H2,1-2H3/t14-/m0/s1. The number of H-pyrrole nitrogens is 2. The number of methoxy groups -OCH3 is 1. The number of amides is 1. The highest BCUT2D eigenvalue weighted by Gasteiger charge is 2.34. The Morgan fingerprint density at radius 2 is 1.43 bits per heavy atom. The normalized spacial score (nSPS) is 12.2. The number of benzene rings is 2. The van der Waals surface area contributed by atoms with E-state index in [9.17, 15) is 9.59 Å². The number of nitrogens with one attached hydrogen (secondary N) is 2. The lowest BCUT2D eigenvalue weighted by molar-refractivity contribution is -0.149. The van der Waals surface area contributed by atoms with Gasteiger partial charge in [0.2, 0.25) is 5.91 Å². The van der Waals surface area contributed by atoms with Gasteiger partial charge >= 0.3 is 5.97 Å². The second kappa shape index (κ2) is 7.23. The molecule has 2 N–H and O–H groups in total. The minimum absolute atomic E-state index is 0.316. The SMILES string of the molecule is CC[C@H](C(=O)OC)C(=O)N(c1c[nH]c2ccccc12)c1c[nH]c2ccccc12. The molecule has 0 aliphatic carbocycles. The summed E-state index contributed by atoms with van der Waals surface area (Å²) in [5.74, 6) is -1.73. The van der Waals surface area contributed by atoms with E-state index < -0.39 is 11.9 Å². The first-order chi connectivity index (χ1) is 13.7. The number of carbonyl (C=O) groups is 2. The Hall–Kier alpha value is -3.54. The first kappa shape index (κ1) is 17.9. The third-order valence-electron chi connectivity index (χ3n) is 5.03. The number of fused-ring (bicyclic) bond motifs is 2. The number of para-hydroxylation sites is 2. The smallest absolute Gasteiger partial charge is 0.318 e. The molecule has 0 aliphatic heterocycles. The number of aromatic amines is 2. The van der Waals surface area contributed by atoms with Crippen LogP contribution in [0, 0.1) is 5.92 Å². The quantitative estimate of drug-likeness (QED) is 0.398. The van der Waals surface area contributed by atoms with Gasteiger partial charge in [-0.2, -0.15) is 0 Å². The topological polar surface area (TPSA) is 78.2 Å². The zero-order valence-corrected chi connectivity index (χ0v) is 15.7. The van der Waals surface area contributed by atoms with Crippen molar-refractivity contribution in [3.05, 3.63) is 60.9 Å². The molecular formula is C22H21N3O3. The lowest BCUT2D eigenvalue weighted by Crippen LogP contribution is -2.36. The van der Waals surface area contributed by atoms with Crippen molar-refractivity contribution in [2.45, 2.75) is 13.3 Å². The van der Waals surface area contributed by atoms with Crippen LogP contribution in [-0.4, -0.2) is 29.0 Å². The molecule has 4 rings (SSSR count). The van der Waals surface area contributed by atoms with Crippen LogP contribution in [0.3, 0.4) is 0 Å². The van der Waals surface area contributed by atoms with E-state index in [4.69, 9.17) is 4.74 Å². The van der Waals surface area contributed by atoms with Crippen molar-refractivity contribution in [3.63, 3.8) is 0 Å². The number of anilines is 2. The fraction of sp³-hybridized carbons (Fsp3) is 0.182. The fourth-order valence-corrected chi connectivity index (χ4v) is 3.59. The van der Waals surface area contributed by atoms with Crippen LogP contribution in [0.5, 0.6) is 0 Å². The van der Waals surface area contributed by atoms with Crippen molar-refractivity contribution in [2.75, 3.05) is 12.0 Å². The first-order valence-electron chi connectivity index (χ1n) is 9.19. The van der Waals surface area contributed by atoms with E-state index in [2.05, 4.69) is 9.97 Å². The summed E-state index contributed by atoms with van der Waals surface area (Å²) in [5.41, 5.74) is 3.24. The van der Waals surface area contributed by atoms with Gasteiger partial charge in [0, 0.05) is 34.2 Å². The molecule has 1 amide bonds. The molecule has 0 aliphatic rings. The van der Waals surface area contributed by atoms with Crippen molar-refractivity contribution in [1.29, 1.82) is 0 Å². The van der Waals surface area contributed by atoms with Gasteiger partial charge in [-0.05, 0) is 18.6 Å². The Morgan fingerprint density at radius 3 is 1.89 bits per heavy atom. The van der Waals surface area contributed by atoms with Gasteiger partial charge in [0.15, 0.2) is 0 Å². The van der Waals surface area contributed by atoms with Crippen LogP contribution in [0.1, 0.15) is 13.3 Å². The molecule has 0 radical (unpaired) electrons. The van der Waals surface area contributed by atoms with Crippen molar-refractivity contribution in [2.24, 2.45) is 5.92 Å². The summed E-state index contributed by atoms with van der Waals surface area (Å²) in [5, 5.41) is 1.81. The van der Waals surface area contributed by atoms with E-state index in [0.717, 1.165) is 21.8 Å². The first-order valence-corrected chi connectivity index (χ1v) is 9.19. The molecular weight excluding hydrogens is 354 g/mol. The van der Waals surface area contributed by atoms with Gasteiger partial charge in [0.05, 0.1) is 18.5 Å². The van der Waals surface area contributed by atoms with Crippen molar-refractivity contribution in [1.82, 2.24) is 9.97 Å². The van der Waals surface area contributed by atoms with E-state index in [1.54, 1.807) is 17.3 Å². The van der Waals surface area contributed by atoms with Crippen LogP contribution in [0.15, 0.2) is 60.9 Å². The molecule has 0 fully saturated rings. The Kier molecular flexibility index (Phi) is 4.61. The molecule has 0 bridgehead atoms. The van der Waals surface area contributed by atoms with Gasteiger partial charge < -0.3 is 14.7 Å². The van der Waals surface area contributed by atoms with Crippen LogP contribution >= 0.6 is 0 Å². The molecule has 2 heterocycles. The fourth-order valence-electron chi connectivity index (χ4n) is 3.59. The van der Waals surface area contributed by atoms with Crippen molar-refractivity contribution >= 4 is 45.1 Å². The van der Waals surface area contributed by atoms with Gasteiger partial charge in [-0.15, -0.1) is 0 Å². The molecule has 0 saturated carbocycles. The number of ether oxygens (including phenoxy) is 1. The summed E-state index contributed by atoms with van der Waals surface area (Å²) >= 11 is 0. The summed E-state index contributed by atoms with van der Waals surface area (Å²) in [6.07, 6.45) is 3.95.